The van der Waals surface area contributed by atoms with Gasteiger partial charge in [0.05, 0.1) is 9.82 Å². The summed E-state index contributed by atoms with van der Waals surface area (Å²) >= 11 is 0. The van der Waals surface area contributed by atoms with Gasteiger partial charge < -0.3 is 0 Å². The zero-order valence-electron chi connectivity index (χ0n) is 12.2. The van der Waals surface area contributed by atoms with Crippen molar-refractivity contribution < 1.29 is 13.3 Å². The summed E-state index contributed by atoms with van der Waals surface area (Å²) in [5, 5.41) is 10.6. The Labute approximate surface area is 129 Å². The van der Waals surface area contributed by atoms with Crippen LogP contribution in [-0.4, -0.2) is 13.3 Å². The second-order valence-electron chi connectivity index (χ2n) is 4.95. The normalized spacial score (nSPS) is 12.8. The van der Waals surface area contributed by atoms with Crippen LogP contribution in [0.25, 0.3) is 0 Å². The zero-order chi connectivity index (χ0) is 16.3. The topological polar surface area (TPSA) is 89.3 Å². The lowest BCUT2D eigenvalue weighted by Gasteiger charge is -2.16. The van der Waals surface area contributed by atoms with Crippen LogP contribution < -0.4 is 4.72 Å². The monoisotopic (exact) mass is 320 g/mol. The quantitative estimate of drug-likeness (QED) is 0.677. The highest BCUT2D eigenvalue weighted by Crippen LogP contribution is 2.21. The summed E-state index contributed by atoms with van der Waals surface area (Å²) in [5.74, 6) is 0. The summed E-state index contributed by atoms with van der Waals surface area (Å²) in [5.41, 5.74) is 1.72. The summed E-state index contributed by atoms with van der Waals surface area (Å²) in [4.78, 5) is 10.0. The van der Waals surface area contributed by atoms with Gasteiger partial charge in [0.15, 0.2) is 0 Å². The van der Waals surface area contributed by atoms with Gasteiger partial charge in [-0.1, -0.05) is 24.3 Å². The van der Waals surface area contributed by atoms with Crippen molar-refractivity contribution in [3.8, 4) is 0 Å². The van der Waals surface area contributed by atoms with E-state index < -0.39 is 21.0 Å². The molecule has 0 aliphatic rings. The predicted octanol–water partition coefficient (Wildman–Crippen LogP) is 2.94. The van der Waals surface area contributed by atoms with Crippen LogP contribution in [0.5, 0.6) is 0 Å². The van der Waals surface area contributed by atoms with E-state index in [1.54, 1.807) is 6.92 Å². The number of rotatable bonds is 5. The first-order chi connectivity index (χ1) is 10.3. The molecule has 0 spiro atoms. The minimum Gasteiger partial charge on any atom is -0.258 e. The van der Waals surface area contributed by atoms with E-state index in [9.17, 15) is 18.5 Å². The third-order valence-electron chi connectivity index (χ3n) is 3.34. The molecule has 116 valence electrons. The van der Waals surface area contributed by atoms with Crippen LogP contribution in [0.1, 0.15) is 24.1 Å². The van der Waals surface area contributed by atoms with E-state index in [0.29, 0.717) is 0 Å². The number of sulfonamides is 1. The maximum absolute atomic E-state index is 12.3. The zero-order valence-corrected chi connectivity index (χ0v) is 13.0. The second kappa shape index (κ2) is 6.25. The molecule has 7 heteroatoms. The van der Waals surface area contributed by atoms with Crippen molar-refractivity contribution in [2.45, 2.75) is 24.8 Å². The Bertz CT molecular complexity index is 785. The third kappa shape index (κ3) is 3.49. The van der Waals surface area contributed by atoms with Gasteiger partial charge in [-0.15, -0.1) is 0 Å². The number of hydrogen-bond acceptors (Lipinski definition) is 4. The molecule has 2 aromatic carbocycles. The van der Waals surface area contributed by atoms with Crippen LogP contribution in [0.2, 0.25) is 0 Å². The molecule has 22 heavy (non-hydrogen) atoms. The van der Waals surface area contributed by atoms with Crippen molar-refractivity contribution in [3.63, 3.8) is 0 Å². The molecule has 0 fully saturated rings. The van der Waals surface area contributed by atoms with E-state index in [-0.39, 0.29) is 10.6 Å². The Morgan fingerprint density at radius 1 is 1.09 bits per heavy atom. The lowest BCUT2D eigenvalue weighted by atomic mass is 10.0. The number of hydrogen-bond donors (Lipinski definition) is 1. The first-order valence-corrected chi connectivity index (χ1v) is 8.12. The first kappa shape index (κ1) is 16.1. The molecular weight excluding hydrogens is 304 g/mol. The van der Waals surface area contributed by atoms with E-state index >= 15 is 0 Å². The Balaban J connectivity index is 2.24. The van der Waals surface area contributed by atoms with Gasteiger partial charge in [-0.3, -0.25) is 10.1 Å². The second-order valence-corrected chi connectivity index (χ2v) is 6.66. The molecule has 1 N–H and O–H groups in total. The number of benzene rings is 2. The Morgan fingerprint density at radius 3 is 2.23 bits per heavy atom. The van der Waals surface area contributed by atoms with Gasteiger partial charge in [-0.25, -0.2) is 13.1 Å². The molecule has 0 heterocycles. The van der Waals surface area contributed by atoms with E-state index in [1.165, 1.54) is 24.3 Å². The fraction of sp³-hybridized carbons (Fsp3) is 0.200. The van der Waals surface area contributed by atoms with Crippen LogP contribution in [0, 0.1) is 17.0 Å². The van der Waals surface area contributed by atoms with Gasteiger partial charge in [0.2, 0.25) is 10.0 Å². The summed E-state index contributed by atoms with van der Waals surface area (Å²) in [6, 6.07) is 11.9. The molecule has 2 aromatic rings. The van der Waals surface area contributed by atoms with Gasteiger partial charge in [0.25, 0.3) is 5.69 Å². The number of nitro groups is 1. The fourth-order valence-electron chi connectivity index (χ4n) is 2.18. The van der Waals surface area contributed by atoms with Gasteiger partial charge in [0.1, 0.15) is 0 Å². The average molecular weight is 320 g/mol. The largest absolute Gasteiger partial charge is 0.269 e. The molecule has 0 radical (unpaired) electrons. The number of nitrogens with one attached hydrogen (secondary N) is 1. The number of non-ortho nitro benzene ring substituents is 1. The smallest absolute Gasteiger partial charge is 0.258 e. The summed E-state index contributed by atoms with van der Waals surface area (Å²) < 4.78 is 27.2. The maximum Gasteiger partial charge on any atom is 0.269 e. The molecule has 1 atom stereocenters. The fourth-order valence-corrected chi connectivity index (χ4v) is 3.41. The standard InChI is InChI=1S/C15H16N2O4S/c1-11-5-3-4-6-15(11)12(2)16-22(20,21)14-9-7-13(8-10-14)17(18)19/h3-10,12,16H,1-2H3/t12-/m0/s1. The van der Waals surface area contributed by atoms with Gasteiger partial charge in [-0.05, 0) is 37.1 Å². The third-order valence-corrected chi connectivity index (χ3v) is 4.90. The van der Waals surface area contributed by atoms with E-state index in [1.807, 2.05) is 31.2 Å². The summed E-state index contributed by atoms with van der Waals surface area (Å²) in [7, 11) is -3.74. The minimum atomic E-state index is -3.74. The Hall–Kier alpha value is -2.25. The lowest BCUT2D eigenvalue weighted by molar-refractivity contribution is -0.384. The number of nitro benzene ring substituents is 1. The molecule has 0 bridgehead atoms. The average Bonchev–Trinajstić information content (AvgIpc) is 2.47. The minimum absolute atomic E-state index is 0.00136. The molecule has 0 saturated carbocycles. The van der Waals surface area contributed by atoms with Crippen molar-refractivity contribution in [3.05, 3.63) is 69.8 Å². The Morgan fingerprint density at radius 2 is 1.68 bits per heavy atom. The predicted molar refractivity (Wildman–Crippen MR) is 83.0 cm³/mol. The molecule has 0 unspecified atom stereocenters. The van der Waals surface area contributed by atoms with Crippen molar-refractivity contribution in [2.24, 2.45) is 0 Å². The van der Waals surface area contributed by atoms with Crippen molar-refractivity contribution in [2.75, 3.05) is 0 Å². The highest BCUT2D eigenvalue weighted by atomic mass is 32.2. The van der Waals surface area contributed by atoms with Crippen LogP contribution in [0.4, 0.5) is 5.69 Å². The highest BCUT2D eigenvalue weighted by molar-refractivity contribution is 7.89. The molecule has 0 aliphatic heterocycles. The van der Waals surface area contributed by atoms with Gasteiger partial charge in [0, 0.05) is 18.2 Å². The van der Waals surface area contributed by atoms with Gasteiger partial charge >= 0.3 is 0 Å². The first-order valence-electron chi connectivity index (χ1n) is 6.63. The summed E-state index contributed by atoms with van der Waals surface area (Å²) in [6.45, 7) is 3.66. The van der Waals surface area contributed by atoms with Crippen LogP contribution in [0.3, 0.4) is 0 Å². The van der Waals surface area contributed by atoms with Crippen LogP contribution in [-0.2, 0) is 10.0 Å². The van der Waals surface area contributed by atoms with Crippen molar-refractivity contribution >= 4 is 15.7 Å². The Kier molecular flexibility index (Phi) is 4.58. The van der Waals surface area contributed by atoms with Crippen LogP contribution in [0.15, 0.2) is 53.4 Å². The number of nitrogens with zero attached hydrogens (tertiary/aromatic N) is 1. The van der Waals surface area contributed by atoms with Crippen LogP contribution >= 0.6 is 0 Å². The molecule has 2 rings (SSSR count). The maximum atomic E-state index is 12.3. The highest BCUT2D eigenvalue weighted by Gasteiger charge is 2.20. The molecule has 0 aliphatic carbocycles. The van der Waals surface area contributed by atoms with E-state index in [2.05, 4.69) is 4.72 Å². The number of aryl methyl sites for hydroxylation is 1. The molecule has 0 aromatic heterocycles. The molecule has 0 amide bonds. The molecule has 0 saturated heterocycles. The van der Waals surface area contributed by atoms with E-state index in [0.717, 1.165) is 11.1 Å². The SMILES string of the molecule is Cc1ccccc1[C@H](C)NS(=O)(=O)c1ccc([N+](=O)[O-])cc1. The van der Waals surface area contributed by atoms with Crippen molar-refractivity contribution in [1.29, 1.82) is 0 Å². The van der Waals surface area contributed by atoms with Crippen molar-refractivity contribution in [1.82, 2.24) is 4.72 Å². The lowest BCUT2D eigenvalue weighted by Crippen LogP contribution is -2.27. The molecular formula is C15H16N2O4S. The van der Waals surface area contributed by atoms with Gasteiger partial charge in [-0.2, -0.15) is 0 Å². The summed E-state index contributed by atoms with van der Waals surface area (Å²) in [6.07, 6.45) is 0. The molecule has 6 nitrogen and oxygen atoms in total. The van der Waals surface area contributed by atoms with E-state index in [4.69, 9.17) is 0 Å².